The van der Waals surface area contributed by atoms with Gasteiger partial charge in [-0.05, 0) is 17.7 Å². The third-order valence-electron chi connectivity index (χ3n) is 2.49. The number of hydrogen-bond acceptors (Lipinski definition) is 4. The molecule has 1 heterocycles. The van der Waals surface area contributed by atoms with Crippen LogP contribution in [0, 0.1) is 5.41 Å². The fourth-order valence-corrected chi connectivity index (χ4v) is 1.52. The van der Waals surface area contributed by atoms with Crippen molar-refractivity contribution in [3.63, 3.8) is 0 Å². The molecule has 0 fully saturated rings. The lowest BCUT2D eigenvalue weighted by molar-refractivity contribution is 0.289. The van der Waals surface area contributed by atoms with E-state index in [1.165, 1.54) is 6.33 Å². The van der Waals surface area contributed by atoms with E-state index < -0.39 is 0 Å². The Morgan fingerprint density at radius 2 is 2.11 bits per heavy atom. The van der Waals surface area contributed by atoms with Crippen LogP contribution >= 0.6 is 0 Å². The highest BCUT2D eigenvalue weighted by molar-refractivity contribution is 5.79. The van der Waals surface area contributed by atoms with Crippen LogP contribution in [0.5, 0.6) is 5.75 Å². The van der Waals surface area contributed by atoms with Gasteiger partial charge in [-0.3, -0.25) is 10.1 Å². The molecule has 2 rings (SSSR count). The summed E-state index contributed by atoms with van der Waals surface area (Å²) in [5, 5.41) is 11.2. The first-order chi connectivity index (χ1) is 8.65. The van der Waals surface area contributed by atoms with Crippen molar-refractivity contribution in [2.45, 2.75) is 13.0 Å². The van der Waals surface area contributed by atoms with Gasteiger partial charge in [0.25, 0.3) is 0 Å². The number of hydrogen-bond donors (Lipinski definition) is 2. The Hall–Kier alpha value is -2.37. The van der Waals surface area contributed by atoms with Crippen molar-refractivity contribution in [3.05, 3.63) is 42.0 Å². The highest BCUT2D eigenvalue weighted by Crippen LogP contribution is 2.13. The molecule has 0 radical (unpaired) electrons. The largest absolute Gasteiger partial charge is 0.486 e. The number of rotatable bonds is 5. The summed E-state index contributed by atoms with van der Waals surface area (Å²) < 4.78 is 7.25. The predicted molar refractivity (Wildman–Crippen MR) is 67.4 cm³/mol. The third-order valence-corrected chi connectivity index (χ3v) is 2.49. The van der Waals surface area contributed by atoms with Gasteiger partial charge in [0.1, 0.15) is 18.7 Å². The number of nitrogens with two attached hydrogens (primary N) is 1. The van der Waals surface area contributed by atoms with Crippen LogP contribution in [0.25, 0.3) is 0 Å². The molecular weight excluding hydrogens is 230 g/mol. The highest BCUT2D eigenvalue weighted by Gasteiger charge is 2.02. The lowest BCUT2D eigenvalue weighted by Crippen LogP contribution is -2.12. The van der Waals surface area contributed by atoms with Crippen LogP contribution in [0.4, 0.5) is 0 Å². The summed E-state index contributed by atoms with van der Waals surface area (Å²) in [5.41, 5.74) is 6.33. The maximum atomic E-state index is 7.21. The zero-order chi connectivity index (χ0) is 13.0. The molecule has 94 valence electrons. The average Bonchev–Trinajstić information content (AvgIpc) is 2.73. The monoisotopic (exact) mass is 245 g/mol. The second kappa shape index (κ2) is 5.31. The maximum Gasteiger partial charge on any atom is 0.164 e. The van der Waals surface area contributed by atoms with Gasteiger partial charge in [0, 0.05) is 13.5 Å². The fraction of sp³-hybridized carbons (Fsp3) is 0.250. The molecule has 0 saturated carbocycles. The van der Waals surface area contributed by atoms with E-state index in [1.54, 1.807) is 4.68 Å². The summed E-state index contributed by atoms with van der Waals surface area (Å²) >= 11 is 0. The molecule has 1 aromatic heterocycles. The van der Waals surface area contributed by atoms with Crippen LogP contribution in [0.2, 0.25) is 0 Å². The van der Waals surface area contributed by atoms with E-state index in [9.17, 15) is 0 Å². The summed E-state index contributed by atoms with van der Waals surface area (Å²) in [6, 6.07) is 7.50. The van der Waals surface area contributed by atoms with E-state index in [4.69, 9.17) is 15.9 Å². The normalized spacial score (nSPS) is 10.3. The topological polar surface area (TPSA) is 89.8 Å². The highest BCUT2D eigenvalue weighted by atomic mass is 16.5. The zero-order valence-corrected chi connectivity index (χ0v) is 10.1. The van der Waals surface area contributed by atoms with Crippen molar-refractivity contribution in [2.24, 2.45) is 12.8 Å². The number of nitrogens with one attached hydrogen (secondary N) is 1. The first-order valence-electron chi connectivity index (χ1n) is 5.52. The van der Waals surface area contributed by atoms with E-state index in [0.717, 1.165) is 17.1 Å². The van der Waals surface area contributed by atoms with Crippen LogP contribution in [0.15, 0.2) is 30.6 Å². The summed E-state index contributed by atoms with van der Waals surface area (Å²) in [4.78, 5) is 4.07. The van der Waals surface area contributed by atoms with Gasteiger partial charge in [0.05, 0.1) is 5.84 Å². The van der Waals surface area contributed by atoms with E-state index in [2.05, 4.69) is 10.1 Å². The molecule has 1 aromatic carbocycles. The molecular formula is C12H15N5O. The smallest absolute Gasteiger partial charge is 0.164 e. The minimum Gasteiger partial charge on any atom is -0.486 e. The Balaban J connectivity index is 1.94. The SMILES string of the molecule is Cn1ncnc1COc1ccc(CC(=N)N)cc1. The number of aryl methyl sites for hydroxylation is 1. The first kappa shape index (κ1) is 12.1. The summed E-state index contributed by atoms with van der Waals surface area (Å²) in [6.07, 6.45) is 1.96. The summed E-state index contributed by atoms with van der Waals surface area (Å²) in [6.45, 7) is 0.378. The fourth-order valence-electron chi connectivity index (χ4n) is 1.52. The van der Waals surface area contributed by atoms with Gasteiger partial charge >= 0.3 is 0 Å². The molecule has 0 amide bonds. The minimum absolute atomic E-state index is 0.155. The minimum atomic E-state index is 0.155. The van der Waals surface area contributed by atoms with Crippen molar-refractivity contribution in [3.8, 4) is 5.75 Å². The van der Waals surface area contributed by atoms with Crippen LogP contribution in [-0.2, 0) is 20.1 Å². The Morgan fingerprint density at radius 1 is 1.39 bits per heavy atom. The Kier molecular flexibility index (Phi) is 3.57. The molecule has 2 aromatic rings. The van der Waals surface area contributed by atoms with Crippen LogP contribution < -0.4 is 10.5 Å². The maximum absolute atomic E-state index is 7.21. The van der Waals surface area contributed by atoms with E-state index in [0.29, 0.717) is 13.0 Å². The standard InChI is InChI=1S/C12H15N5O/c1-17-12(15-8-16-17)7-18-10-4-2-9(3-5-10)6-11(13)14/h2-5,8H,6-7H2,1H3,(H3,13,14). The van der Waals surface area contributed by atoms with Gasteiger partial charge in [-0.2, -0.15) is 5.10 Å². The lowest BCUT2D eigenvalue weighted by atomic mass is 10.1. The van der Waals surface area contributed by atoms with Crippen LogP contribution in [-0.4, -0.2) is 20.6 Å². The van der Waals surface area contributed by atoms with Gasteiger partial charge in [-0.15, -0.1) is 0 Å². The quantitative estimate of drug-likeness (QED) is 0.604. The van der Waals surface area contributed by atoms with Crippen LogP contribution in [0.3, 0.4) is 0 Å². The molecule has 0 spiro atoms. The average molecular weight is 245 g/mol. The van der Waals surface area contributed by atoms with Crippen molar-refractivity contribution < 1.29 is 4.74 Å². The molecule has 0 unspecified atom stereocenters. The number of amidine groups is 1. The van der Waals surface area contributed by atoms with Crippen molar-refractivity contribution in [2.75, 3.05) is 0 Å². The number of aromatic nitrogens is 3. The molecule has 0 aliphatic heterocycles. The van der Waals surface area contributed by atoms with Gasteiger partial charge in [0.2, 0.25) is 0 Å². The van der Waals surface area contributed by atoms with Crippen molar-refractivity contribution in [1.29, 1.82) is 5.41 Å². The Bertz CT molecular complexity index is 532. The molecule has 0 saturated heterocycles. The van der Waals surface area contributed by atoms with Crippen molar-refractivity contribution in [1.82, 2.24) is 14.8 Å². The molecule has 0 aliphatic rings. The molecule has 3 N–H and O–H groups in total. The van der Waals surface area contributed by atoms with Gasteiger partial charge in [-0.25, -0.2) is 4.98 Å². The summed E-state index contributed by atoms with van der Waals surface area (Å²) in [5.74, 6) is 1.68. The number of nitrogens with zero attached hydrogens (tertiary/aromatic N) is 3. The first-order valence-corrected chi connectivity index (χ1v) is 5.52. The predicted octanol–water partition coefficient (Wildman–Crippen LogP) is 0.873. The van der Waals surface area contributed by atoms with E-state index >= 15 is 0 Å². The van der Waals surface area contributed by atoms with Gasteiger partial charge in [0.15, 0.2) is 5.82 Å². The number of benzene rings is 1. The van der Waals surface area contributed by atoms with Gasteiger partial charge < -0.3 is 10.5 Å². The zero-order valence-electron chi connectivity index (χ0n) is 10.1. The van der Waals surface area contributed by atoms with Crippen LogP contribution in [0.1, 0.15) is 11.4 Å². The van der Waals surface area contributed by atoms with Gasteiger partial charge in [-0.1, -0.05) is 12.1 Å². The Morgan fingerprint density at radius 3 is 2.67 bits per heavy atom. The molecule has 0 aliphatic carbocycles. The molecule has 18 heavy (non-hydrogen) atoms. The number of ether oxygens (including phenoxy) is 1. The Labute approximate surface area is 105 Å². The lowest BCUT2D eigenvalue weighted by Gasteiger charge is -2.06. The van der Waals surface area contributed by atoms with E-state index in [1.807, 2.05) is 31.3 Å². The molecule has 0 atom stereocenters. The second-order valence-corrected chi connectivity index (χ2v) is 3.93. The third kappa shape index (κ3) is 3.07. The van der Waals surface area contributed by atoms with E-state index in [-0.39, 0.29) is 5.84 Å². The molecule has 6 nitrogen and oxygen atoms in total. The summed E-state index contributed by atoms with van der Waals surface area (Å²) in [7, 11) is 1.82. The molecule has 0 bridgehead atoms. The second-order valence-electron chi connectivity index (χ2n) is 3.93. The molecule has 6 heteroatoms. The van der Waals surface area contributed by atoms with Crippen molar-refractivity contribution >= 4 is 5.84 Å².